The molecule has 0 unspecified atom stereocenters. The van der Waals surface area contributed by atoms with Crippen molar-refractivity contribution in [1.29, 1.82) is 0 Å². The van der Waals surface area contributed by atoms with Gasteiger partial charge in [-0.15, -0.1) is 0 Å². The molecule has 2 aliphatic rings. The van der Waals surface area contributed by atoms with Gasteiger partial charge in [-0.05, 0) is 66.4 Å². The van der Waals surface area contributed by atoms with E-state index in [-0.39, 0.29) is 17.6 Å². The van der Waals surface area contributed by atoms with Gasteiger partial charge in [-0.3, -0.25) is 4.79 Å². The zero-order valence-corrected chi connectivity index (χ0v) is 22.1. The molecule has 4 aromatic rings. The highest BCUT2D eigenvalue weighted by Gasteiger charge is 2.28. The van der Waals surface area contributed by atoms with Crippen molar-refractivity contribution in [2.75, 3.05) is 19.8 Å². The number of aromatic carboxylic acids is 1. The predicted octanol–water partition coefficient (Wildman–Crippen LogP) is 5.00. The van der Waals surface area contributed by atoms with E-state index in [0.717, 1.165) is 48.3 Å². The van der Waals surface area contributed by atoms with Crippen molar-refractivity contribution in [3.05, 3.63) is 93.8 Å². The smallest absolute Gasteiger partial charge is 0.335 e. The largest absolute Gasteiger partial charge is 0.493 e. The summed E-state index contributed by atoms with van der Waals surface area (Å²) in [5.74, 6) is 0.327. The van der Waals surface area contributed by atoms with Crippen molar-refractivity contribution in [3.63, 3.8) is 0 Å². The van der Waals surface area contributed by atoms with Crippen molar-refractivity contribution in [3.8, 4) is 5.75 Å². The molecule has 0 bridgehead atoms. The third-order valence-corrected chi connectivity index (χ3v) is 7.66. The SMILES string of the molecule is O=C(O)c1ccc2nc(CN3CCc4ccc(OCCc5ccc(Cl)cc5)cc4C3=O)n(C[C@@H]3CCO3)c2c1. The molecule has 1 aromatic heterocycles. The first kappa shape index (κ1) is 25.4. The summed E-state index contributed by atoms with van der Waals surface area (Å²) in [4.78, 5) is 31.8. The lowest BCUT2D eigenvalue weighted by Crippen LogP contribution is -2.38. The minimum Gasteiger partial charge on any atom is -0.493 e. The number of carboxylic acid groups (broad SMARTS) is 1. The summed E-state index contributed by atoms with van der Waals surface area (Å²) < 4.78 is 13.6. The van der Waals surface area contributed by atoms with Gasteiger partial charge in [-0.25, -0.2) is 9.78 Å². The molecule has 1 atom stereocenters. The predicted molar refractivity (Wildman–Crippen MR) is 147 cm³/mol. The quantitative estimate of drug-likeness (QED) is 0.318. The summed E-state index contributed by atoms with van der Waals surface area (Å²) in [7, 11) is 0. The molecule has 1 fully saturated rings. The second-order valence-corrected chi connectivity index (χ2v) is 10.4. The second-order valence-electron chi connectivity index (χ2n) is 9.95. The van der Waals surface area contributed by atoms with E-state index in [1.54, 1.807) is 23.1 Å². The summed E-state index contributed by atoms with van der Waals surface area (Å²) in [6, 6.07) is 18.3. The maximum atomic E-state index is 13.6. The lowest BCUT2D eigenvalue weighted by atomic mass is 9.98. The van der Waals surface area contributed by atoms with Gasteiger partial charge in [0.2, 0.25) is 0 Å². The van der Waals surface area contributed by atoms with Crippen molar-refractivity contribution < 1.29 is 24.2 Å². The molecule has 200 valence electrons. The number of fused-ring (bicyclic) bond motifs is 2. The van der Waals surface area contributed by atoms with Gasteiger partial charge in [0.05, 0.1) is 42.4 Å². The van der Waals surface area contributed by atoms with E-state index >= 15 is 0 Å². The molecular formula is C30H28ClN3O5. The Bertz CT molecular complexity index is 1540. The number of carboxylic acids is 1. The number of carbonyl (C=O) groups excluding carboxylic acids is 1. The van der Waals surface area contributed by atoms with E-state index in [1.165, 1.54) is 0 Å². The van der Waals surface area contributed by atoms with Crippen molar-refractivity contribution in [2.45, 2.75) is 38.5 Å². The number of halogens is 1. The number of aromatic nitrogens is 2. The molecule has 1 amide bonds. The number of rotatable bonds is 9. The van der Waals surface area contributed by atoms with Crippen molar-refractivity contribution in [1.82, 2.24) is 14.5 Å². The first-order chi connectivity index (χ1) is 18.9. The Kier molecular flexibility index (Phi) is 6.97. The molecule has 6 rings (SSSR count). The molecule has 39 heavy (non-hydrogen) atoms. The van der Waals surface area contributed by atoms with E-state index < -0.39 is 5.97 Å². The van der Waals surface area contributed by atoms with Gasteiger partial charge in [0.25, 0.3) is 5.91 Å². The fourth-order valence-corrected chi connectivity index (χ4v) is 5.24. The molecular weight excluding hydrogens is 518 g/mol. The second kappa shape index (κ2) is 10.7. The molecule has 2 aliphatic heterocycles. The maximum Gasteiger partial charge on any atom is 0.335 e. The van der Waals surface area contributed by atoms with Crippen LogP contribution in [0.15, 0.2) is 60.7 Å². The fourth-order valence-electron chi connectivity index (χ4n) is 5.11. The summed E-state index contributed by atoms with van der Waals surface area (Å²) >= 11 is 5.96. The number of nitrogens with zero attached hydrogens (tertiary/aromatic N) is 3. The first-order valence-corrected chi connectivity index (χ1v) is 13.5. The summed E-state index contributed by atoms with van der Waals surface area (Å²) in [6.45, 7) is 2.68. The number of imidazole rings is 1. The van der Waals surface area contributed by atoms with E-state index in [4.69, 9.17) is 26.1 Å². The molecule has 1 N–H and O–H groups in total. The number of benzene rings is 3. The van der Waals surface area contributed by atoms with E-state index in [0.29, 0.717) is 48.1 Å². The molecule has 0 spiro atoms. The van der Waals surface area contributed by atoms with Gasteiger partial charge in [0.15, 0.2) is 0 Å². The standard InChI is InChI=1S/C30H28ClN3O5/c31-22-5-1-19(2-6-22)10-13-38-23-7-3-20-9-12-33(29(35)25(20)16-23)18-28-32-26-8-4-21(30(36)37)15-27(26)34(28)17-24-11-14-39-24/h1-8,15-16,24H,9-14,17-18H2,(H,36,37)/t24-/m0/s1. The normalized spacial score (nSPS) is 16.7. The topological polar surface area (TPSA) is 93.9 Å². The highest BCUT2D eigenvalue weighted by Crippen LogP contribution is 2.27. The average Bonchev–Trinajstić information content (AvgIpc) is 3.25. The van der Waals surface area contributed by atoms with Crippen molar-refractivity contribution >= 4 is 34.5 Å². The zero-order valence-electron chi connectivity index (χ0n) is 21.3. The third-order valence-electron chi connectivity index (χ3n) is 7.41. The van der Waals surface area contributed by atoms with Gasteiger partial charge in [0, 0.05) is 30.2 Å². The number of amides is 1. The van der Waals surface area contributed by atoms with Gasteiger partial charge in [-0.1, -0.05) is 29.8 Å². The van der Waals surface area contributed by atoms with Crippen LogP contribution in [-0.4, -0.2) is 57.3 Å². The highest BCUT2D eigenvalue weighted by molar-refractivity contribution is 6.30. The van der Waals surface area contributed by atoms with Crippen LogP contribution in [0.3, 0.4) is 0 Å². The minimum absolute atomic E-state index is 0.0556. The van der Waals surface area contributed by atoms with E-state index in [1.807, 2.05) is 47.0 Å². The van der Waals surface area contributed by atoms with Crippen LogP contribution in [0.2, 0.25) is 5.02 Å². The van der Waals surface area contributed by atoms with Gasteiger partial charge >= 0.3 is 5.97 Å². The molecule has 0 saturated carbocycles. The fraction of sp³-hybridized carbons (Fsp3) is 0.300. The molecule has 3 aromatic carbocycles. The summed E-state index contributed by atoms with van der Waals surface area (Å²) in [5.41, 5.74) is 4.42. The Morgan fingerprint density at radius 2 is 1.95 bits per heavy atom. The van der Waals surface area contributed by atoms with E-state index in [9.17, 15) is 14.7 Å². The number of carbonyl (C=O) groups is 2. The lowest BCUT2D eigenvalue weighted by Gasteiger charge is -2.30. The van der Waals surface area contributed by atoms with Crippen LogP contribution < -0.4 is 4.74 Å². The Morgan fingerprint density at radius 3 is 2.69 bits per heavy atom. The lowest BCUT2D eigenvalue weighted by molar-refractivity contribution is -0.0591. The Hall–Kier alpha value is -3.88. The highest BCUT2D eigenvalue weighted by atomic mass is 35.5. The van der Waals surface area contributed by atoms with Gasteiger partial charge in [0.1, 0.15) is 11.6 Å². The molecule has 3 heterocycles. The van der Waals surface area contributed by atoms with Crippen LogP contribution in [0.25, 0.3) is 11.0 Å². The Labute approximate surface area is 230 Å². The van der Waals surface area contributed by atoms with Crippen molar-refractivity contribution in [2.24, 2.45) is 0 Å². The average molecular weight is 546 g/mol. The summed E-state index contributed by atoms with van der Waals surface area (Å²) in [5, 5.41) is 10.2. The van der Waals surface area contributed by atoms with Crippen LogP contribution in [-0.2, 0) is 30.7 Å². The monoisotopic (exact) mass is 545 g/mol. The van der Waals surface area contributed by atoms with Gasteiger partial charge in [-0.2, -0.15) is 0 Å². The van der Waals surface area contributed by atoms with Crippen LogP contribution in [0.4, 0.5) is 0 Å². The molecule has 0 aliphatic carbocycles. The first-order valence-electron chi connectivity index (χ1n) is 13.1. The van der Waals surface area contributed by atoms with Gasteiger partial charge < -0.3 is 24.0 Å². The molecule has 8 nitrogen and oxygen atoms in total. The summed E-state index contributed by atoms with van der Waals surface area (Å²) in [6.07, 6.45) is 2.47. The molecule has 0 radical (unpaired) electrons. The number of hydrogen-bond acceptors (Lipinski definition) is 5. The number of ether oxygens (including phenoxy) is 2. The van der Waals surface area contributed by atoms with Crippen LogP contribution in [0, 0.1) is 0 Å². The Morgan fingerprint density at radius 1 is 1.13 bits per heavy atom. The van der Waals surface area contributed by atoms with Crippen LogP contribution >= 0.6 is 11.6 Å². The number of hydrogen-bond donors (Lipinski definition) is 1. The molecule has 1 saturated heterocycles. The maximum absolute atomic E-state index is 13.6. The van der Waals surface area contributed by atoms with E-state index in [2.05, 4.69) is 0 Å². The third kappa shape index (κ3) is 5.35. The minimum atomic E-state index is -0.986. The van der Waals surface area contributed by atoms with Crippen LogP contribution in [0.5, 0.6) is 5.75 Å². The Balaban J connectivity index is 1.20. The van der Waals surface area contributed by atoms with Crippen LogP contribution in [0.1, 0.15) is 44.1 Å². The zero-order chi connectivity index (χ0) is 26.9. The molecule has 9 heteroatoms.